The molecule has 0 aliphatic carbocycles. The molecular weight excluding hydrogens is 236 g/mol. The van der Waals surface area contributed by atoms with Crippen LogP contribution in [0.3, 0.4) is 0 Å². The topological polar surface area (TPSA) is 27.7 Å². The van der Waals surface area contributed by atoms with Crippen LogP contribution in [0, 0.1) is 0 Å². The van der Waals surface area contributed by atoms with Crippen molar-refractivity contribution in [2.75, 3.05) is 20.4 Å². The average Bonchev–Trinajstić information content (AvgIpc) is 2.22. The van der Waals surface area contributed by atoms with Gasteiger partial charge in [0.05, 0.1) is 0 Å². The molecule has 1 heterocycles. The predicted octanol–water partition coefficient (Wildman–Crippen LogP) is 2.37. The first-order chi connectivity index (χ1) is 6.39. The SMILES string of the molecule is Brc1ccccc1.C1OCOCO1. The molecular formula is C9H11BrO3. The van der Waals surface area contributed by atoms with Crippen LogP contribution in [0.15, 0.2) is 34.8 Å². The summed E-state index contributed by atoms with van der Waals surface area (Å²) in [5.41, 5.74) is 0. The molecule has 1 aliphatic heterocycles. The first-order valence-electron chi connectivity index (χ1n) is 3.83. The zero-order chi connectivity index (χ0) is 9.36. The summed E-state index contributed by atoms with van der Waals surface area (Å²) in [6.45, 7) is 1.12. The summed E-state index contributed by atoms with van der Waals surface area (Å²) in [5.74, 6) is 0. The number of hydrogen-bond donors (Lipinski definition) is 0. The van der Waals surface area contributed by atoms with Crippen molar-refractivity contribution < 1.29 is 14.2 Å². The van der Waals surface area contributed by atoms with E-state index in [2.05, 4.69) is 30.1 Å². The van der Waals surface area contributed by atoms with E-state index in [1.807, 2.05) is 30.3 Å². The molecule has 72 valence electrons. The van der Waals surface area contributed by atoms with Gasteiger partial charge in [0.2, 0.25) is 0 Å². The van der Waals surface area contributed by atoms with E-state index in [0.29, 0.717) is 20.4 Å². The second kappa shape index (κ2) is 7.03. The van der Waals surface area contributed by atoms with Gasteiger partial charge in [0.25, 0.3) is 0 Å². The van der Waals surface area contributed by atoms with E-state index in [9.17, 15) is 0 Å². The lowest BCUT2D eigenvalue weighted by Crippen LogP contribution is -2.14. The molecule has 1 fully saturated rings. The van der Waals surface area contributed by atoms with E-state index in [4.69, 9.17) is 0 Å². The molecule has 1 aromatic carbocycles. The summed E-state index contributed by atoms with van der Waals surface area (Å²) in [5, 5.41) is 0. The molecule has 0 spiro atoms. The Hall–Kier alpha value is -0.420. The summed E-state index contributed by atoms with van der Waals surface area (Å²) in [4.78, 5) is 0. The highest BCUT2D eigenvalue weighted by atomic mass is 79.9. The normalized spacial score (nSPS) is 15.8. The second-order valence-electron chi connectivity index (χ2n) is 2.26. The first kappa shape index (κ1) is 10.7. The van der Waals surface area contributed by atoms with E-state index >= 15 is 0 Å². The highest BCUT2D eigenvalue weighted by Gasteiger charge is 1.93. The molecule has 0 saturated carbocycles. The maximum atomic E-state index is 4.62. The van der Waals surface area contributed by atoms with Gasteiger partial charge in [0.1, 0.15) is 0 Å². The van der Waals surface area contributed by atoms with Gasteiger partial charge in [-0.2, -0.15) is 0 Å². The number of halogens is 1. The van der Waals surface area contributed by atoms with Crippen LogP contribution in [0.25, 0.3) is 0 Å². The highest BCUT2D eigenvalue weighted by molar-refractivity contribution is 9.10. The van der Waals surface area contributed by atoms with E-state index in [-0.39, 0.29) is 0 Å². The van der Waals surface area contributed by atoms with Crippen molar-refractivity contribution in [2.45, 2.75) is 0 Å². The number of hydrogen-bond acceptors (Lipinski definition) is 3. The van der Waals surface area contributed by atoms with E-state index in [1.54, 1.807) is 0 Å². The van der Waals surface area contributed by atoms with Crippen LogP contribution in [0.1, 0.15) is 0 Å². The molecule has 1 aromatic rings. The van der Waals surface area contributed by atoms with Gasteiger partial charge in [-0.25, -0.2) is 0 Å². The van der Waals surface area contributed by atoms with Gasteiger partial charge >= 0.3 is 0 Å². The Labute approximate surface area is 85.7 Å². The Bertz CT molecular complexity index is 200. The van der Waals surface area contributed by atoms with Crippen molar-refractivity contribution in [2.24, 2.45) is 0 Å². The smallest absolute Gasteiger partial charge is 0.152 e. The third kappa shape index (κ3) is 5.76. The number of benzene rings is 1. The minimum absolute atomic E-state index is 0.375. The van der Waals surface area contributed by atoms with E-state index in [0.717, 1.165) is 4.47 Å². The summed E-state index contributed by atoms with van der Waals surface area (Å²) in [6, 6.07) is 9.97. The minimum atomic E-state index is 0.375. The summed E-state index contributed by atoms with van der Waals surface area (Å²) in [7, 11) is 0. The Kier molecular flexibility index (Phi) is 5.76. The Balaban J connectivity index is 0.000000132. The van der Waals surface area contributed by atoms with Crippen molar-refractivity contribution in [3.05, 3.63) is 34.8 Å². The zero-order valence-electron chi connectivity index (χ0n) is 7.11. The molecule has 3 nitrogen and oxygen atoms in total. The van der Waals surface area contributed by atoms with Crippen LogP contribution in [0.5, 0.6) is 0 Å². The molecule has 0 radical (unpaired) electrons. The maximum Gasteiger partial charge on any atom is 0.152 e. The predicted molar refractivity (Wildman–Crippen MR) is 52.0 cm³/mol. The van der Waals surface area contributed by atoms with Crippen molar-refractivity contribution in [1.82, 2.24) is 0 Å². The van der Waals surface area contributed by atoms with Crippen molar-refractivity contribution in [3.63, 3.8) is 0 Å². The third-order valence-electron chi connectivity index (χ3n) is 1.23. The average molecular weight is 247 g/mol. The molecule has 13 heavy (non-hydrogen) atoms. The largest absolute Gasteiger partial charge is 0.329 e. The van der Waals surface area contributed by atoms with E-state index < -0.39 is 0 Å². The minimum Gasteiger partial charge on any atom is -0.329 e. The van der Waals surface area contributed by atoms with Gasteiger partial charge in [0.15, 0.2) is 20.4 Å². The van der Waals surface area contributed by atoms with Gasteiger partial charge in [-0.05, 0) is 12.1 Å². The fourth-order valence-corrected chi connectivity index (χ4v) is 0.999. The van der Waals surface area contributed by atoms with Gasteiger partial charge in [-0.15, -0.1) is 0 Å². The number of rotatable bonds is 0. The van der Waals surface area contributed by atoms with Crippen LogP contribution in [-0.2, 0) is 14.2 Å². The van der Waals surface area contributed by atoms with Crippen LogP contribution < -0.4 is 0 Å². The van der Waals surface area contributed by atoms with Gasteiger partial charge < -0.3 is 14.2 Å². The monoisotopic (exact) mass is 246 g/mol. The Morgan fingerprint density at radius 1 is 0.846 bits per heavy atom. The fraction of sp³-hybridized carbons (Fsp3) is 0.333. The molecule has 1 aliphatic rings. The molecule has 2 rings (SSSR count). The fourth-order valence-electron chi connectivity index (χ4n) is 0.694. The van der Waals surface area contributed by atoms with Gasteiger partial charge in [0, 0.05) is 4.47 Å². The lowest BCUT2D eigenvalue weighted by molar-refractivity contribution is -0.247. The summed E-state index contributed by atoms with van der Waals surface area (Å²) in [6.07, 6.45) is 0. The molecule has 0 N–H and O–H groups in total. The molecule has 0 aromatic heterocycles. The van der Waals surface area contributed by atoms with E-state index in [1.165, 1.54) is 0 Å². The molecule has 0 bridgehead atoms. The van der Waals surface area contributed by atoms with Crippen molar-refractivity contribution in [3.8, 4) is 0 Å². The van der Waals surface area contributed by atoms with Crippen LogP contribution in [-0.4, -0.2) is 20.4 Å². The first-order valence-corrected chi connectivity index (χ1v) is 4.62. The van der Waals surface area contributed by atoms with Crippen molar-refractivity contribution in [1.29, 1.82) is 0 Å². The summed E-state index contributed by atoms with van der Waals surface area (Å²) < 4.78 is 15.0. The van der Waals surface area contributed by atoms with Crippen molar-refractivity contribution >= 4 is 15.9 Å². The summed E-state index contributed by atoms with van der Waals surface area (Å²) >= 11 is 3.31. The maximum absolute atomic E-state index is 4.62. The Morgan fingerprint density at radius 3 is 1.54 bits per heavy atom. The third-order valence-corrected chi connectivity index (χ3v) is 1.76. The zero-order valence-corrected chi connectivity index (χ0v) is 8.70. The quantitative estimate of drug-likeness (QED) is 0.704. The van der Waals surface area contributed by atoms with Gasteiger partial charge in [-0.1, -0.05) is 34.1 Å². The lowest BCUT2D eigenvalue weighted by Gasteiger charge is -2.10. The molecule has 0 unspecified atom stereocenters. The highest BCUT2D eigenvalue weighted by Crippen LogP contribution is 2.05. The lowest BCUT2D eigenvalue weighted by atomic mass is 10.4. The van der Waals surface area contributed by atoms with Gasteiger partial charge in [-0.3, -0.25) is 0 Å². The second-order valence-corrected chi connectivity index (χ2v) is 3.18. The molecule has 0 amide bonds. The standard InChI is InChI=1S/C6H5Br.C3H6O3/c7-6-4-2-1-3-5-6;1-4-2-6-3-5-1/h1-5H;1-3H2. The molecule has 1 saturated heterocycles. The molecule has 4 heteroatoms. The molecule has 0 atom stereocenters. The Morgan fingerprint density at radius 2 is 1.31 bits per heavy atom. The van der Waals surface area contributed by atoms with Crippen LogP contribution in [0.2, 0.25) is 0 Å². The van der Waals surface area contributed by atoms with Crippen LogP contribution >= 0.6 is 15.9 Å². The van der Waals surface area contributed by atoms with Crippen LogP contribution in [0.4, 0.5) is 0 Å². The number of ether oxygens (including phenoxy) is 3.